The first-order valence-electron chi connectivity index (χ1n) is 22.2. The summed E-state index contributed by atoms with van der Waals surface area (Å²) in [6.07, 6.45) is 0. The second-order valence-electron chi connectivity index (χ2n) is 17.1. The minimum absolute atomic E-state index is 0.528. The van der Waals surface area contributed by atoms with E-state index in [-0.39, 0.29) is 0 Å². The van der Waals surface area contributed by atoms with Crippen LogP contribution in [0.25, 0.3) is 44.2 Å². The molecule has 1 heterocycles. The van der Waals surface area contributed by atoms with Gasteiger partial charge < -0.3 is 9.32 Å². The second-order valence-corrected chi connectivity index (χ2v) is 17.1. The van der Waals surface area contributed by atoms with Gasteiger partial charge in [-0.15, -0.1) is 0 Å². The highest BCUT2D eigenvalue weighted by atomic mass is 16.3. The van der Waals surface area contributed by atoms with Crippen molar-refractivity contribution in [2.45, 2.75) is 10.8 Å². The number of nitrogens with zero attached hydrogens (tertiary/aromatic N) is 1. The third-order valence-corrected chi connectivity index (χ3v) is 14.0. The van der Waals surface area contributed by atoms with Crippen LogP contribution in [0.4, 0.5) is 17.1 Å². The van der Waals surface area contributed by atoms with E-state index < -0.39 is 10.8 Å². The summed E-state index contributed by atoms with van der Waals surface area (Å²) in [7, 11) is 0. The SMILES string of the molecule is c1ccc(N(c2ccc3c(c2)C(c2ccccc2)(c2ccccc2)c2ccccc2-3)c2ccc3c(c2)C(c2ccccc2)(c2cccc4c2oc2ccccc24)c2ccccc2-3)cc1. The zero-order valence-electron chi connectivity index (χ0n) is 35.0. The number of fused-ring (bicyclic) bond motifs is 9. The molecule has 0 N–H and O–H groups in total. The van der Waals surface area contributed by atoms with Crippen molar-refractivity contribution in [3.05, 3.63) is 293 Å². The van der Waals surface area contributed by atoms with Crippen molar-refractivity contribution >= 4 is 39.0 Å². The van der Waals surface area contributed by atoms with Crippen molar-refractivity contribution in [3.63, 3.8) is 0 Å². The molecular formula is C62H41NO. The van der Waals surface area contributed by atoms with Gasteiger partial charge >= 0.3 is 0 Å². The Balaban J connectivity index is 1.09. The molecule has 0 amide bonds. The highest BCUT2D eigenvalue weighted by Gasteiger charge is 2.49. The quantitative estimate of drug-likeness (QED) is 0.159. The van der Waals surface area contributed by atoms with Gasteiger partial charge in [-0.25, -0.2) is 0 Å². The minimum atomic E-state index is -0.686. The smallest absolute Gasteiger partial charge is 0.140 e. The van der Waals surface area contributed by atoms with E-state index >= 15 is 0 Å². The van der Waals surface area contributed by atoms with Crippen molar-refractivity contribution < 1.29 is 4.42 Å². The summed E-state index contributed by atoms with van der Waals surface area (Å²) in [6, 6.07) is 91.3. The molecule has 0 saturated carbocycles. The van der Waals surface area contributed by atoms with E-state index in [0.29, 0.717) is 0 Å². The summed E-state index contributed by atoms with van der Waals surface area (Å²) >= 11 is 0. The highest BCUT2D eigenvalue weighted by Crippen LogP contribution is 2.60. The fraction of sp³-hybridized carbons (Fsp3) is 0.0323. The molecule has 10 aromatic carbocycles. The zero-order valence-corrected chi connectivity index (χ0v) is 35.0. The first-order chi connectivity index (χ1) is 31.8. The largest absolute Gasteiger partial charge is 0.456 e. The van der Waals surface area contributed by atoms with Crippen molar-refractivity contribution in [1.82, 2.24) is 0 Å². The highest BCUT2D eigenvalue weighted by molar-refractivity contribution is 6.07. The molecule has 300 valence electrons. The third-order valence-electron chi connectivity index (χ3n) is 14.0. The van der Waals surface area contributed by atoms with Crippen LogP contribution in [-0.4, -0.2) is 0 Å². The molecule has 64 heavy (non-hydrogen) atoms. The maximum Gasteiger partial charge on any atom is 0.140 e. The Kier molecular flexibility index (Phi) is 8.07. The zero-order chi connectivity index (χ0) is 42.2. The lowest BCUT2D eigenvalue weighted by molar-refractivity contribution is 0.648. The molecule has 1 aromatic heterocycles. The molecule has 0 spiro atoms. The Bertz CT molecular complexity index is 3520. The van der Waals surface area contributed by atoms with Gasteiger partial charge in [0, 0.05) is 33.4 Å². The van der Waals surface area contributed by atoms with Crippen molar-refractivity contribution in [2.75, 3.05) is 4.90 Å². The third kappa shape index (κ3) is 5.02. The van der Waals surface area contributed by atoms with Gasteiger partial charge in [0.2, 0.25) is 0 Å². The minimum Gasteiger partial charge on any atom is -0.456 e. The summed E-state index contributed by atoms with van der Waals surface area (Å²) in [5.41, 5.74) is 18.7. The first-order valence-corrected chi connectivity index (χ1v) is 22.2. The van der Waals surface area contributed by atoms with Gasteiger partial charge in [-0.3, -0.25) is 0 Å². The van der Waals surface area contributed by atoms with Crippen LogP contribution in [-0.2, 0) is 10.8 Å². The van der Waals surface area contributed by atoms with E-state index in [1.54, 1.807) is 0 Å². The summed E-state index contributed by atoms with van der Waals surface area (Å²) < 4.78 is 6.94. The Morgan fingerprint density at radius 1 is 0.281 bits per heavy atom. The van der Waals surface area contributed by atoms with E-state index in [1.807, 2.05) is 0 Å². The standard InChI is InChI=1S/C62H41NO/c1-5-20-42(21-6-1)61(43-22-7-2-8-23-43)54-32-16-13-28-48(54)50-38-36-46(40-57(50)61)63(45-26-11-4-12-27-45)47-37-39-51-49-29-14-17-33-55(49)62(58(51)41-47,44-24-9-3-10-25-44)56-34-19-31-53-52-30-15-18-35-59(52)64-60(53)56/h1-41H. The number of anilines is 3. The molecule has 13 rings (SSSR count). The number of benzene rings is 10. The van der Waals surface area contributed by atoms with Gasteiger partial charge in [0.1, 0.15) is 11.2 Å². The summed E-state index contributed by atoms with van der Waals surface area (Å²) in [5, 5.41) is 2.25. The van der Waals surface area contributed by atoms with E-state index in [1.165, 1.54) is 61.2 Å². The van der Waals surface area contributed by atoms with E-state index in [9.17, 15) is 0 Å². The van der Waals surface area contributed by atoms with Gasteiger partial charge in [-0.1, -0.05) is 206 Å². The van der Waals surface area contributed by atoms with Gasteiger partial charge in [-0.05, 0) is 104 Å². The predicted octanol–water partition coefficient (Wildman–Crippen LogP) is 15.8. The van der Waals surface area contributed by atoms with Gasteiger partial charge in [0.05, 0.1) is 10.8 Å². The van der Waals surface area contributed by atoms with Gasteiger partial charge in [0.15, 0.2) is 0 Å². The molecule has 2 heteroatoms. The van der Waals surface area contributed by atoms with Crippen LogP contribution in [0.3, 0.4) is 0 Å². The monoisotopic (exact) mass is 815 g/mol. The lowest BCUT2D eigenvalue weighted by atomic mass is 9.67. The Morgan fingerprint density at radius 2 is 0.703 bits per heavy atom. The lowest BCUT2D eigenvalue weighted by Gasteiger charge is -2.36. The topological polar surface area (TPSA) is 16.4 Å². The fourth-order valence-corrected chi connectivity index (χ4v) is 11.5. The van der Waals surface area contributed by atoms with Gasteiger partial charge in [-0.2, -0.15) is 0 Å². The van der Waals surface area contributed by atoms with E-state index in [4.69, 9.17) is 4.42 Å². The van der Waals surface area contributed by atoms with Crippen LogP contribution >= 0.6 is 0 Å². The van der Waals surface area contributed by atoms with E-state index in [0.717, 1.165) is 44.6 Å². The Labute approximate surface area is 373 Å². The van der Waals surface area contributed by atoms with Crippen LogP contribution in [0.15, 0.2) is 253 Å². The number of para-hydroxylation sites is 3. The molecular weight excluding hydrogens is 775 g/mol. The molecule has 0 radical (unpaired) electrons. The molecule has 0 fully saturated rings. The molecule has 11 aromatic rings. The van der Waals surface area contributed by atoms with Crippen LogP contribution < -0.4 is 4.90 Å². The fourth-order valence-electron chi connectivity index (χ4n) is 11.5. The van der Waals surface area contributed by atoms with Crippen LogP contribution in [0.2, 0.25) is 0 Å². The number of furan rings is 1. The van der Waals surface area contributed by atoms with E-state index in [2.05, 4.69) is 254 Å². The maximum atomic E-state index is 6.94. The second kappa shape index (κ2) is 14.2. The average Bonchev–Trinajstić information content (AvgIpc) is 4.00. The van der Waals surface area contributed by atoms with Crippen LogP contribution in [0.5, 0.6) is 0 Å². The molecule has 1 unspecified atom stereocenters. The molecule has 0 saturated heterocycles. The summed E-state index contributed by atoms with van der Waals surface area (Å²) in [5.74, 6) is 0. The van der Waals surface area contributed by atoms with Crippen molar-refractivity contribution in [2.24, 2.45) is 0 Å². The maximum absolute atomic E-state index is 6.94. The first kappa shape index (κ1) is 36.5. The molecule has 1 atom stereocenters. The molecule has 2 aliphatic carbocycles. The summed E-state index contributed by atoms with van der Waals surface area (Å²) in [6.45, 7) is 0. The number of hydrogen-bond acceptors (Lipinski definition) is 2. The number of rotatable bonds is 7. The van der Waals surface area contributed by atoms with Gasteiger partial charge in [0.25, 0.3) is 0 Å². The van der Waals surface area contributed by atoms with Crippen molar-refractivity contribution in [3.8, 4) is 22.3 Å². The average molecular weight is 816 g/mol. The Morgan fingerprint density at radius 3 is 1.30 bits per heavy atom. The molecule has 0 aliphatic heterocycles. The van der Waals surface area contributed by atoms with Crippen molar-refractivity contribution in [1.29, 1.82) is 0 Å². The summed E-state index contributed by atoms with van der Waals surface area (Å²) in [4.78, 5) is 2.45. The Hall–Kier alpha value is -8.20. The number of hydrogen-bond donors (Lipinski definition) is 0. The molecule has 0 bridgehead atoms. The van der Waals surface area contributed by atoms with Crippen LogP contribution in [0, 0.1) is 0 Å². The van der Waals surface area contributed by atoms with Crippen LogP contribution in [0.1, 0.15) is 44.5 Å². The normalized spacial score (nSPS) is 15.4. The molecule has 2 aliphatic rings. The lowest BCUT2D eigenvalue weighted by Crippen LogP contribution is -2.29. The predicted molar refractivity (Wildman–Crippen MR) is 263 cm³/mol. The molecule has 2 nitrogen and oxygen atoms in total.